The molecular weight excluding hydrogens is 320 g/mol. The van der Waals surface area contributed by atoms with Crippen molar-refractivity contribution in [1.82, 2.24) is 14.8 Å². The first-order valence-electron chi connectivity index (χ1n) is 7.15. The van der Waals surface area contributed by atoms with Crippen LogP contribution in [0.25, 0.3) is 5.82 Å². The zero-order valence-electron chi connectivity index (χ0n) is 12.4. The van der Waals surface area contributed by atoms with Crippen LogP contribution in [0.15, 0.2) is 53.9 Å². The fourth-order valence-corrected chi connectivity index (χ4v) is 2.24. The van der Waals surface area contributed by atoms with Gasteiger partial charge in [-0.1, -0.05) is 0 Å². The van der Waals surface area contributed by atoms with Gasteiger partial charge in [0.15, 0.2) is 5.82 Å². The summed E-state index contributed by atoms with van der Waals surface area (Å²) in [4.78, 5) is 15.1. The zero-order valence-corrected chi connectivity index (χ0v) is 12.4. The molecule has 1 aliphatic carbocycles. The molecule has 0 bridgehead atoms. The summed E-state index contributed by atoms with van der Waals surface area (Å²) in [6, 6.07) is 4.26. The van der Waals surface area contributed by atoms with E-state index in [1.807, 2.05) is 0 Å². The molecule has 0 saturated heterocycles. The summed E-state index contributed by atoms with van der Waals surface area (Å²) in [6.07, 6.45) is 4.05. The lowest BCUT2D eigenvalue weighted by molar-refractivity contribution is 0.0696. The molecule has 124 valence electrons. The Hall–Kier alpha value is -3.03. The van der Waals surface area contributed by atoms with E-state index in [2.05, 4.69) is 10.1 Å². The van der Waals surface area contributed by atoms with Gasteiger partial charge >= 0.3 is 5.97 Å². The van der Waals surface area contributed by atoms with Crippen LogP contribution in [0.5, 0.6) is 5.88 Å². The van der Waals surface area contributed by atoms with Gasteiger partial charge in [-0.05, 0) is 18.6 Å². The SMILES string of the molecule is O=C(O)c1ccnc(-n2nccc2OCC2=C(F)C=C(F)CC2)c1. The molecule has 0 spiro atoms. The van der Waals surface area contributed by atoms with Gasteiger partial charge in [0.25, 0.3) is 0 Å². The van der Waals surface area contributed by atoms with Crippen molar-refractivity contribution in [3.63, 3.8) is 0 Å². The Morgan fingerprint density at radius 2 is 2.12 bits per heavy atom. The lowest BCUT2D eigenvalue weighted by atomic mass is 10.0. The maximum absolute atomic E-state index is 13.7. The third kappa shape index (κ3) is 3.32. The zero-order chi connectivity index (χ0) is 17.1. The standard InChI is InChI=1S/C16H13F2N3O3/c17-12-2-1-11(13(18)8-12)9-24-15-4-6-20-21(15)14-7-10(16(22)23)3-5-19-14/h3-8H,1-2,9H2,(H,22,23). The van der Waals surface area contributed by atoms with Gasteiger partial charge in [-0.25, -0.2) is 18.6 Å². The predicted octanol–water partition coefficient (Wildman–Crippen LogP) is 3.22. The Bertz CT molecular complexity index is 843. The molecule has 1 aliphatic rings. The number of allylic oxidation sites excluding steroid dienone is 3. The van der Waals surface area contributed by atoms with E-state index in [4.69, 9.17) is 9.84 Å². The molecule has 0 amide bonds. The Morgan fingerprint density at radius 3 is 2.88 bits per heavy atom. The van der Waals surface area contributed by atoms with E-state index in [-0.39, 0.29) is 36.7 Å². The second kappa shape index (κ2) is 6.61. The van der Waals surface area contributed by atoms with E-state index in [9.17, 15) is 13.6 Å². The van der Waals surface area contributed by atoms with Crippen LogP contribution in [0.1, 0.15) is 23.2 Å². The summed E-state index contributed by atoms with van der Waals surface area (Å²) in [5.74, 6) is -1.66. The van der Waals surface area contributed by atoms with Gasteiger partial charge in [-0.15, -0.1) is 0 Å². The lowest BCUT2D eigenvalue weighted by Gasteiger charge is -2.14. The number of halogens is 2. The molecule has 2 aromatic heterocycles. The molecule has 0 saturated carbocycles. The number of hydrogen-bond acceptors (Lipinski definition) is 4. The molecular formula is C16H13F2N3O3. The van der Waals surface area contributed by atoms with E-state index < -0.39 is 17.6 Å². The number of rotatable bonds is 5. The van der Waals surface area contributed by atoms with Gasteiger partial charge in [-0.2, -0.15) is 9.78 Å². The van der Waals surface area contributed by atoms with Crippen molar-refractivity contribution in [3.05, 3.63) is 59.5 Å². The number of carbonyl (C=O) groups is 1. The van der Waals surface area contributed by atoms with Crippen molar-refractivity contribution in [3.8, 4) is 11.7 Å². The Balaban J connectivity index is 1.80. The van der Waals surface area contributed by atoms with Gasteiger partial charge in [0.1, 0.15) is 18.3 Å². The van der Waals surface area contributed by atoms with E-state index in [0.717, 1.165) is 6.08 Å². The van der Waals surface area contributed by atoms with Crippen molar-refractivity contribution >= 4 is 5.97 Å². The topological polar surface area (TPSA) is 77.2 Å². The predicted molar refractivity (Wildman–Crippen MR) is 80.4 cm³/mol. The minimum atomic E-state index is -1.09. The second-order valence-corrected chi connectivity index (χ2v) is 5.12. The quantitative estimate of drug-likeness (QED) is 0.909. The smallest absolute Gasteiger partial charge is 0.335 e. The van der Waals surface area contributed by atoms with Crippen LogP contribution in [0.2, 0.25) is 0 Å². The van der Waals surface area contributed by atoms with Crippen LogP contribution < -0.4 is 4.74 Å². The maximum Gasteiger partial charge on any atom is 0.335 e. The fraction of sp³-hybridized carbons (Fsp3) is 0.188. The molecule has 0 fully saturated rings. The second-order valence-electron chi connectivity index (χ2n) is 5.12. The number of aromatic nitrogens is 3. The maximum atomic E-state index is 13.7. The third-order valence-electron chi connectivity index (χ3n) is 3.50. The Kier molecular flexibility index (Phi) is 4.37. The minimum absolute atomic E-state index is 0.0556. The van der Waals surface area contributed by atoms with E-state index >= 15 is 0 Å². The Labute approximate surface area is 135 Å². The third-order valence-corrected chi connectivity index (χ3v) is 3.50. The summed E-state index contributed by atoms with van der Waals surface area (Å²) in [5.41, 5.74) is 0.416. The number of carboxylic acids is 1. The monoisotopic (exact) mass is 333 g/mol. The molecule has 0 radical (unpaired) electrons. The average Bonchev–Trinajstić information content (AvgIpc) is 3.02. The van der Waals surface area contributed by atoms with Crippen LogP contribution in [0.3, 0.4) is 0 Å². The first kappa shape index (κ1) is 15.9. The number of pyridine rings is 1. The van der Waals surface area contributed by atoms with Gasteiger partial charge in [0.05, 0.1) is 11.8 Å². The van der Waals surface area contributed by atoms with Crippen molar-refractivity contribution in [1.29, 1.82) is 0 Å². The normalized spacial score (nSPS) is 14.5. The number of hydrogen-bond donors (Lipinski definition) is 1. The van der Waals surface area contributed by atoms with Crippen LogP contribution in [-0.4, -0.2) is 32.4 Å². The molecule has 8 heteroatoms. The molecule has 0 atom stereocenters. The highest BCUT2D eigenvalue weighted by atomic mass is 19.1. The molecule has 24 heavy (non-hydrogen) atoms. The highest BCUT2D eigenvalue weighted by Crippen LogP contribution is 2.26. The minimum Gasteiger partial charge on any atom is -0.478 e. The molecule has 6 nitrogen and oxygen atoms in total. The largest absolute Gasteiger partial charge is 0.478 e. The summed E-state index contributed by atoms with van der Waals surface area (Å²) < 4.78 is 33.5. The number of carboxylic acid groups (broad SMARTS) is 1. The molecule has 2 heterocycles. The van der Waals surface area contributed by atoms with Crippen molar-refractivity contribution in [2.24, 2.45) is 0 Å². The van der Waals surface area contributed by atoms with Gasteiger partial charge in [0, 0.05) is 30.3 Å². The summed E-state index contributed by atoms with van der Waals surface area (Å²) in [5, 5.41) is 13.1. The molecule has 0 aliphatic heterocycles. The van der Waals surface area contributed by atoms with E-state index in [0.29, 0.717) is 5.57 Å². The average molecular weight is 333 g/mol. The highest BCUT2D eigenvalue weighted by Gasteiger charge is 2.16. The fourth-order valence-electron chi connectivity index (χ4n) is 2.24. The molecule has 3 rings (SSSR count). The number of ether oxygens (including phenoxy) is 1. The first-order valence-corrected chi connectivity index (χ1v) is 7.15. The van der Waals surface area contributed by atoms with Gasteiger partial charge in [-0.3, -0.25) is 0 Å². The Morgan fingerprint density at radius 1 is 1.29 bits per heavy atom. The summed E-state index contributed by atoms with van der Waals surface area (Å²) in [6.45, 7) is -0.0556. The van der Waals surface area contributed by atoms with Crippen LogP contribution in [0, 0.1) is 0 Å². The van der Waals surface area contributed by atoms with Crippen LogP contribution >= 0.6 is 0 Å². The highest BCUT2D eigenvalue weighted by molar-refractivity contribution is 5.87. The molecule has 0 aromatic carbocycles. The lowest BCUT2D eigenvalue weighted by Crippen LogP contribution is -2.10. The van der Waals surface area contributed by atoms with E-state index in [1.165, 1.54) is 29.2 Å². The van der Waals surface area contributed by atoms with Crippen molar-refractivity contribution < 1.29 is 23.4 Å². The van der Waals surface area contributed by atoms with Gasteiger partial charge in [0.2, 0.25) is 5.88 Å². The molecule has 0 unspecified atom stereocenters. The molecule has 2 aromatic rings. The first-order chi connectivity index (χ1) is 11.5. The van der Waals surface area contributed by atoms with E-state index in [1.54, 1.807) is 6.07 Å². The van der Waals surface area contributed by atoms with Crippen LogP contribution in [-0.2, 0) is 0 Å². The number of aromatic carboxylic acids is 1. The van der Waals surface area contributed by atoms with Crippen LogP contribution in [0.4, 0.5) is 8.78 Å². The number of nitrogens with zero attached hydrogens (tertiary/aromatic N) is 3. The summed E-state index contributed by atoms with van der Waals surface area (Å²) in [7, 11) is 0. The molecule has 1 N–H and O–H groups in total. The summed E-state index contributed by atoms with van der Waals surface area (Å²) >= 11 is 0. The van der Waals surface area contributed by atoms with Crippen molar-refractivity contribution in [2.45, 2.75) is 12.8 Å². The van der Waals surface area contributed by atoms with Crippen molar-refractivity contribution in [2.75, 3.05) is 6.61 Å². The van der Waals surface area contributed by atoms with Gasteiger partial charge < -0.3 is 9.84 Å².